The molecule has 1 N–H and O–H groups in total. The van der Waals surface area contributed by atoms with Crippen molar-refractivity contribution in [2.45, 2.75) is 88.8 Å². The molecule has 0 aromatic carbocycles. The smallest absolute Gasteiger partial charge is 0.0570 e. The molecule has 4 aliphatic carbocycles. The molecule has 6 rings (SSSR count). The topological polar surface area (TPSA) is 23.5 Å². The van der Waals surface area contributed by atoms with E-state index in [4.69, 9.17) is 0 Å². The Morgan fingerprint density at radius 2 is 1.33 bits per heavy atom. The molecule has 0 aromatic heterocycles. The van der Waals surface area contributed by atoms with Gasteiger partial charge in [0, 0.05) is 12.1 Å². The summed E-state index contributed by atoms with van der Waals surface area (Å²) in [4.78, 5) is 2.81. The Balaban J connectivity index is 1.27. The molecule has 2 saturated heterocycles. The molecule has 4 saturated carbocycles. The fraction of sp³-hybridized carbons (Fsp3) is 1.00. The van der Waals surface area contributed by atoms with Crippen LogP contribution in [0.5, 0.6) is 0 Å². The van der Waals surface area contributed by atoms with E-state index in [-0.39, 0.29) is 6.10 Å². The Bertz CT molecular complexity index is 371. The monoisotopic (exact) mass is 289 g/mol. The largest absolute Gasteiger partial charge is 0.393 e. The highest BCUT2D eigenvalue weighted by Gasteiger charge is 2.51. The molecule has 118 valence electrons. The van der Waals surface area contributed by atoms with E-state index in [1.807, 2.05) is 0 Å². The average Bonchev–Trinajstić information content (AvgIpc) is 2.66. The zero-order valence-corrected chi connectivity index (χ0v) is 13.3. The lowest BCUT2D eigenvalue weighted by Gasteiger charge is -2.57. The SMILES string of the molecule is OC1CC2CCC(C1)N2CCC12CC3CC(CC(C3)C1)C2. The van der Waals surface area contributed by atoms with Gasteiger partial charge >= 0.3 is 0 Å². The van der Waals surface area contributed by atoms with E-state index < -0.39 is 0 Å². The van der Waals surface area contributed by atoms with E-state index in [9.17, 15) is 5.11 Å². The predicted octanol–water partition coefficient (Wildman–Crippen LogP) is 3.58. The first-order valence-electron chi connectivity index (χ1n) is 9.63. The quantitative estimate of drug-likeness (QED) is 0.858. The molecule has 0 amide bonds. The van der Waals surface area contributed by atoms with Crippen LogP contribution >= 0.6 is 0 Å². The van der Waals surface area contributed by atoms with Gasteiger partial charge in [0.15, 0.2) is 0 Å². The van der Waals surface area contributed by atoms with Crippen molar-refractivity contribution < 1.29 is 5.11 Å². The molecule has 6 fully saturated rings. The number of aliphatic hydroxyl groups is 1. The number of hydrogen-bond acceptors (Lipinski definition) is 2. The Morgan fingerprint density at radius 3 is 1.86 bits per heavy atom. The summed E-state index contributed by atoms with van der Waals surface area (Å²) in [6, 6.07) is 1.43. The summed E-state index contributed by atoms with van der Waals surface area (Å²) < 4.78 is 0. The van der Waals surface area contributed by atoms with Gasteiger partial charge < -0.3 is 5.11 Å². The van der Waals surface area contributed by atoms with Gasteiger partial charge in [-0.25, -0.2) is 0 Å². The van der Waals surface area contributed by atoms with Crippen LogP contribution in [-0.2, 0) is 0 Å². The van der Waals surface area contributed by atoms with Crippen LogP contribution in [0.15, 0.2) is 0 Å². The van der Waals surface area contributed by atoms with Crippen molar-refractivity contribution in [1.82, 2.24) is 4.90 Å². The molecule has 2 nitrogen and oxygen atoms in total. The summed E-state index contributed by atoms with van der Waals surface area (Å²) in [6.07, 6.45) is 15.7. The van der Waals surface area contributed by atoms with Gasteiger partial charge in [0.05, 0.1) is 6.10 Å². The second-order valence-corrected chi connectivity index (χ2v) is 9.42. The molecule has 6 aliphatic rings. The van der Waals surface area contributed by atoms with Crippen molar-refractivity contribution in [3.8, 4) is 0 Å². The fourth-order valence-electron chi connectivity index (χ4n) is 7.57. The van der Waals surface area contributed by atoms with Gasteiger partial charge in [0.25, 0.3) is 0 Å². The minimum atomic E-state index is -0.00157. The molecule has 2 heterocycles. The van der Waals surface area contributed by atoms with Gasteiger partial charge in [0.1, 0.15) is 0 Å². The number of aliphatic hydroxyl groups excluding tert-OH is 1. The third-order valence-corrected chi connectivity index (χ3v) is 7.92. The molecular weight excluding hydrogens is 258 g/mol. The van der Waals surface area contributed by atoms with Crippen LogP contribution in [0, 0.1) is 23.2 Å². The maximum atomic E-state index is 9.98. The molecular formula is C19H31NO. The van der Waals surface area contributed by atoms with Crippen molar-refractivity contribution in [2.24, 2.45) is 23.2 Å². The second-order valence-electron chi connectivity index (χ2n) is 9.42. The standard InChI is InChI=1S/C19H31NO/c21-18-8-16-1-2-17(9-18)20(16)4-3-19-10-13-5-14(11-19)7-15(6-13)12-19/h13-18,21H,1-12H2. The molecule has 0 spiro atoms. The van der Waals surface area contributed by atoms with E-state index in [2.05, 4.69) is 4.90 Å². The van der Waals surface area contributed by atoms with E-state index >= 15 is 0 Å². The predicted molar refractivity (Wildman–Crippen MR) is 84.0 cm³/mol. The normalized spacial score (nSPS) is 55.3. The van der Waals surface area contributed by atoms with Crippen molar-refractivity contribution >= 4 is 0 Å². The summed E-state index contributed by atoms with van der Waals surface area (Å²) in [5, 5.41) is 9.98. The van der Waals surface area contributed by atoms with Crippen molar-refractivity contribution in [1.29, 1.82) is 0 Å². The van der Waals surface area contributed by atoms with Crippen LogP contribution < -0.4 is 0 Å². The van der Waals surface area contributed by atoms with Crippen LogP contribution in [-0.4, -0.2) is 34.7 Å². The summed E-state index contributed by atoms with van der Waals surface area (Å²) in [5.74, 6) is 3.28. The molecule has 0 aromatic rings. The summed E-state index contributed by atoms with van der Waals surface area (Å²) in [6.45, 7) is 1.34. The fourth-order valence-corrected chi connectivity index (χ4v) is 7.57. The van der Waals surface area contributed by atoms with E-state index in [1.165, 1.54) is 25.8 Å². The highest BCUT2D eigenvalue weighted by molar-refractivity contribution is 5.03. The third-order valence-electron chi connectivity index (χ3n) is 7.92. The third kappa shape index (κ3) is 2.20. The number of hydrogen-bond donors (Lipinski definition) is 1. The molecule has 6 bridgehead atoms. The van der Waals surface area contributed by atoms with Crippen LogP contribution in [0.1, 0.15) is 70.6 Å². The van der Waals surface area contributed by atoms with E-state index in [0.717, 1.165) is 36.0 Å². The first-order valence-corrected chi connectivity index (χ1v) is 9.63. The first kappa shape index (κ1) is 13.4. The number of nitrogens with zero attached hydrogens (tertiary/aromatic N) is 1. The van der Waals surface area contributed by atoms with Gasteiger partial charge in [-0.1, -0.05) is 0 Å². The second kappa shape index (κ2) is 4.71. The lowest BCUT2D eigenvalue weighted by atomic mass is 9.49. The number of piperidine rings is 1. The summed E-state index contributed by atoms with van der Waals surface area (Å²) in [7, 11) is 0. The van der Waals surface area contributed by atoms with Gasteiger partial charge in [-0.15, -0.1) is 0 Å². The molecule has 2 aliphatic heterocycles. The molecule has 2 heteroatoms. The van der Waals surface area contributed by atoms with Crippen LogP contribution in [0.2, 0.25) is 0 Å². The molecule has 2 unspecified atom stereocenters. The van der Waals surface area contributed by atoms with Crippen molar-refractivity contribution in [2.75, 3.05) is 6.54 Å². The van der Waals surface area contributed by atoms with Crippen LogP contribution in [0.25, 0.3) is 0 Å². The molecule has 2 atom stereocenters. The highest BCUT2D eigenvalue weighted by atomic mass is 16.3. The Morgan fingerprint density at radius 1 is 0.810 bits per heavy atom. The Hall–Kier alpha value is -0.0800. The molecule has 21 heavy (non-hydrogen) atoms. The maximum Gasteiger partial charge on any atom is 0.0570 e. The minimum Gasteiger partial charge on any atom is -0.393 e. The lowest BCUT2D eigenvalue weighted by Crippen LogP contribution is -2.50. The van der Waals surface area contributed by atoms with E-state index in [0.29, 0.717) is 12.1 Å². The lowest BCUT2D eigenvalue weighted by molar-refractivity contribution is -0.0663. The van der Waals surface area contributed by atoms with Crippen molar-refractivity contribution in [3.05, 3.63) is 0 Å². The minimum absolute atomic E-state index is 0.00157. The van der Waals surface area contributed by atoms with Gasteiger partial charge in [-0.05, 0) is 100 Å². The first-order chi connectivity index (χ1) is 10.2. The highest BCUT2D eigenvalue weighted by Crippen LogP contribution is 2.61. The van der Waals surface area contributed by atoms with E-state index in [1.54, 1.807) is 38.5 Å². The van der Waals surface area contributed by atoms with Gasteiger partial charge in [-0.3, -0.25) is 4.90 Å². The average molecular weight is 289 g/mol. The van der Waals surface area contributed by atoms with Gasteiger partial charge in [-0.2, -0.15) is 0 Å². The number of fused-ring (bicyclic) bond motifs is 2. The van der Waals surface area contributed by atoms with Crippen LogP contribution in [0.4, 0.5) is 0 Å². The van der Waals surface area contributed by atoms with Gasteiger partial charge in [0.2, 0.25) is 0 Å². The Labute approximate surface area is 129 Å². The summed E-state index contributed by atoms with van der Waals surface area (Å²) >= 11 is 0. The zero-order chi connectivity index (χ0) is 14.0. The van der Waals surface area contributed by atoms with Crippen LogP contribution in [0.3, 0.4) is 0 Å². The Kier molecular flexibility index (Phi) is 3.00. The molecule has 0 radical (unpaired) electrons. The number of rotatable bonds is 3. The van der Waals surface area contributed by atoms with Crippen molar-refractivity contribution in [3.63, 3.8) is 0 Å². The summed E-state index contributed by atoms with van der Waals surface area (Å²) in [5.41, 5.74) is 0.740. The zero-order valence-electron chi connectivity index (χ0n) is 13.3. The maximum absolute atomic E-state index is 9.98.